The molecule has 0 amide bonds. The van der Waals surface area contributed by atoms with E-state index in [4.69, 9.17) is 9.47 Å². The third-order valence-corrected chi connectivity index (χ3v) is 3.85. The van der Waals surface area contributed by atoms with Crippen LogP contribution in [0.1, 0.15) is 40.1 Å². The molecule has 0 aliphatic carbocycles. The number of methoxy groups -OCH3 is 1. The highest BCUT2D eigenvalue weighted by Crippen LogP contribution is 2.35. The van der Waals surface area contributed by atoms with Crippen LogP contribution < -0.4 is 9.47 Å². The lowest BCUT2D eigenvalue weighted by molar-refractivity contribution is 0.0600. The van der Waals surface area contributed by atoms with E-state index in [2.05, 4.69) is 4.74 Å². The Balaban J connectivity index is 1.70. The lowest BCUT2D eigenvalue weighted by Gasteiger charge is -2.08. The van der Waals surface area contributed by atoms with Crippen LogP contribution in [-0.2, 0) is 11.3 Å². The van der Waals surface area contributed by atoms with Gasteiger partial charge in [-0.15, -0.1) is 0 Å². The Kier molecular flexibility index (Phi) is 4.57. The van der Waals surface area contributed by atoms with E-state index in [0.717, 1.165) is 11.1 Å². The maximum absolute atomic E-state index is 12.2. The molecule has 3 rings (SSSR count). The maximum atomic E-state index is 12.2. The molecule has 0 bridgehead atoms. The number of hydrogen-bond donors (Lipinski definition) is 0. The molecule has 0 N–H and O–H groups in total. The molecule has 5 nitrogen and oxygen atoms in total. The maximum Gasteiger partial charge on any atom is 0.337 e. The van der Waals surface area contributed by atoms with Crippen molar-refractivity contribution in [1.82, 2.24) is 0 Å². The van der Waals surface area contributed by atoms with Crippen LogP contribution in [-0.4, -0.2) is 18.9 Å². The van der Waals surface area contributed by atoms with Crippen LogP contribution in [0, 0.1) is 0 Å². The third-order valence-electron chi connectivity index (χ3n) is 3.85. The molecule has 1 heterocycles. The number of hydrogen-bond acceptors (Lipinski definition) is 5. The average Bonchev–Trinajstić information content (AvgIpc) is 2.96. The molecule has 0 spiro atoms. The molecular weight excluding hydrogens is 320 g/mol. The van der Waals surface area contributed by atoms with Crippen molar-refractivity contribution in [2.45, 2.75) is 20.5 Å². The van der Waals surface area contributed by atoms with Crippen LogP contribution in [0.3, 0.4) is 0 Å². The van der Waals surface area contributed by atoms with Gasteiger partial charge in [-0.25, -0.2) is 4.79 Å². The molecule has 0 radical (unpaired) electrons. The van der Waals surface area contributed by atoms with Gasteiger partial charge in [0.25, 0.3) is 0 Å². The molecule has 0 aromatic heterocycles. The van der Waals surface area contributed by atoms with Gasteiger partial charge in [0.05, 0.1) is 18.2 Å². The summed E-state index contributed by atoms with van der Waals surface area (Å²) in [4.78, 5) is 23.6. The second kappa shape index (κ2) is 6.81. The zero-order chi connectivity index (χ0) is 18.0. The number of benzene rings is 2. The Bertz CT molecular complexity index is 858. The highest BCUT2D eigenvalue weighted by atomic mass is 16.5. The molecule has 5 heteroatoms. The highest BCUT2D eigenvalue weighted by molar-refractivity contribution is 6.12. The Morgan fingerprint density at radius 2 is 1.80 bits per heavy atom. The molecule has 1 aliphatic heterocycles. The standard InChI is InChI=1S/C20H18O5/c1-12(2)19-18(21)16-9-8-15(10-17(16)25-19)24-11-13-4-6-14(7-5-13)20(22)23-3/h4-10H,11H2,1-3H3. The lowest BCUT2D eigenvalue weighted by atomic mass is 10.1. The van der Waals surface area contributed by atoms with Crippen LogP contribution in [0.2, 0.25) is 0 Å². The molecule has 0 saturated heterocycles. The van der Waals surface area contributed by atoms with E-state index >= 15 is 0 Å². The van der Waals surface area contributed by atoms with Gasteiger partial charge in [0, 0.05) is 6.07 Å². The van der Waals surface area contributed by atoms with Crippen LogP contribution >= 0.6 is 0 Å². The van der Waals surface area contributed by atoms with Crippen molar-refractivity contribution >= 4 is 11.8 Å². The number of carbonyl (C=O) groups excluding carboxylic acids is 2. The van der Waals surface area contributed by atoms with E-state index < -0.39 is 0 Å². The SMILES string of the molecule is COC(=O)c1ccc(COc2ccc3c(c2)OC(=C(C)C)C3=O)cc1. The summed E-state index contributed by atoms with van der Waals surface area (Å²) in [6.07, 6.45) is 0. The normalized spacial score (nSPS) is 12.4. The first-order valence-electron chi connectivity index (χ1n) is 7.83. The lowest BCUT2D eigenvalue weighted by Crippen LogP contribution is -2.02. The summed E-state index contributed by atoms with van der Waals surface area (Å²) < 4.78 is 16.0. The topological polar surface area (TPSA) is 61.8 Å². The summed E-state index contributed by atoms with van der Waals surface area (Å²) in [5, 5.41) is 0. The summed E-state index contributed by atoms with van der Waals surface area (Å²) in [6.45, 7) is 4.02. The van der Waals surface area contributed by atoms with Crippen LogP contribution in [0.4, 0.5) is 0 Å². The molecule has 25 heavy (non-hydrogen) atoms. The van der Waals surface area contributed by atoms with Gasteiger partial charge in [-0.1, -0.05) is 12.1 Å². The predicted molar refractivity (Wildman–Crippen MR) is 91.9 cm³/mol. The summed E-state index contributed by atoms with van der Waals surface area (Å²) in [7, 11) is 1.35. The number of Topliss-reactive ketones (excluding diaryl/α,β-unsaturated/α-hetero) is 1. The van der Waals surface area contributed by atoms with Gasteiger partial charge >= 0.3 is 5.97 Å². The van der Waals surface area contributed by atoms with Crippen LogP contribution in [0.5, 0.6) is 11.5 Å². The van der Waals surface area contributed by atoms with E-state index in [0.29, 0.717) is 35.0 Å². The summed E-state index contributed by atoms with van der Waals surface area (Å²) in [5.41, 5.74) is 2.79. The number of ether oxygens (including phenoxy) is 3. The predicted octanol–water partition coefficient (Wildman–Crippen LogP) is 3.92. The molecule has 0 atom stereocenters. The van der Waals surface area contributed by atoms with Gasteiger partial charge in [-0.2, -0.15) is 0 Å². The molecular formula is C20H18O5. The van der Waals surface area contributed by atoms with E-state index in [1.165, 1.54) is 7.11 Å². The quantitative estimate of drug-likeness (QED) is 0.624. The van der Waals surface area contributed by atoms with Crippen molar-refractivity contribution in [2.24, 2.45) is 0 Å². The van der Waals surface area contributed by atoms with E-state index in [-0.39, 0.29) is 11.8 Å². The number of allylic oxidation sites excluding steroid dienone is 2. The smallest absolute Gasteiger partial charge is 0.337 e. The number of carbonyl (C=O) groups is 2. The number of rotatable bonds is 4. The molecule has 0 fully saturated rings. The Labute approximate surface area is 145 Å². The zero-order valence-corrected chi connectivity index (χ0v) is 14.3. The van der Waals surface area contributed by atoms with Gasteiger partial charge in [0.2, 0.25) is 5.78 Å². The van der Waals surface area contributed by atoms with Crippen LogP contribution in [0.25, 0.3) is 0 Å². The van der Waals surface area contributed by atoms with Gasteiger partial charge in [0.1, 0.15) is 18.1 Å². The van der Waals surface area contributed by atoms with Crippen molar-refractivity contribution in [3.63, 3.8) is 0 Å². The first kappa shape index (κ1) is 16.8. The van der Waals surface area contributed by atoms with Gasteiger partial charge in [-0.3, -0.25) is 4.79 Å². The van der Waals surface area contributed by atoms with Crippen molar-refractivity contribution in [2.75, 3.05) is 7.11 Å². The van der Waals surface area contributed by atoms with E-state index in [1.54, 1.807) is 42.5 Å². The third kappa shape index (κ3) is 3.40. The van der Waals surface area contributed by atoms with E-state index in [9.17, 15) is 9.59 Å². The number of esters is 1. The fourth-order valence-electron chi connectivity index (χ4n) is 2.49. The fourth-order valence-corrected chi connectivity index (χ4v) is 2.49. The van der Waals surface area contributed by atoms with Gasteiger partial charge in [0.15, 0.2) is 5.76 Å². The average molecular weight is 338 g/mol. The van der Waals surface area contributed by atoms with Crippen molar-refractivity contribution in [3.05, 3.63) is 70.5 Å². The minimum Gasteiger partial charge on any atom is -0.489 e. The summed E-state index contributed by atoms with van der Waals surface area (Å²) in [6, 6.07) is 12.2. The Hall–Kier alpha value is -3.08. The summed E-state index contributed by atoms with van der Waals surface area (Å²) in [5.74, 6) is 1.03. The second-order valence-electron chi connectivity index (χ2n) is 5.90. The number of ketones is 1. The first-order chi connectivity index (χ1) is 12.0. The van der Waals surface area contributed by atoms with Crippen LogP contribution in [0.15, 0.2) is 53.8 Å². The second-order valence-corrected chi connectivity index (χ2v) is 5.90. The molecule has 0 saturated carbocycles. The molecule has 128 valence electrons. The molecule has 1 aliphatic rings. The summed E-state index contributed by atoms with van der Waals surface area (Å²) >= 11 is 0. The number of fused-ring (bicyclic) bond motifs is 1. The zero-order valence-electron chi connectivity index (χ0n) is 14.3. The largest absolute Gasteiger partial charge is 0.489 e. The monoisotopic (exact) mass is 338 g/mol. The fraction of sp³-hybridized carbons (Fsp3) is 0.200. The van der Waals surface area contributed by atoms with E-state index in [1.807, 2.05) is 13.8 Å². The van der Waals surface area contributed by atoms with Gasteiger partial charge < -0.3 is 14.2 Å². The molecule has 0 unspecified atom stereocenters. The highest BCUT2D eigenvalue weighted by Gasteiger charge is 2.28. The van der Waals surface area contributed by atoms with Gasteiger partial charge in [-0.05, 0) is 49.2 Å². The molecule has 2 aromatic carbocycles. The Morgan fingerprint density at radius 3 is 2.44 bits per heavy atom. The molecule has 2 aromatic rings. The first-order valence-corrected chi connectivity index (χ1v) is 7.83. The van der Waals surface area contributed by atoms with Crippen molar-refractivity contribution in [1.29, 1.82) is 0 Å². The van der Waals surface area contributed by atoms with Crippen molar-refractivity contribution in [3.8, 4) is 11.5 Å². The Morgan fingerprint density at radius 1 is 1.08 bits per heavy atom. The minimum absolute atomic E-state index is 0.0973. The minimum atomic E-state index is -0.372. The van der Waals surface area contributed by atoms with Crippen molar-refractivity contribution < 1.29 is 23.8 Å².